The monoisotopic (exact) mass is 257 g/mol. The van der Waals surface area contributed by atoms with Crippen molar-refractivity contribution in [1.82, 2.24) is 5.32 Å². The van der Waals surface area contributed by atoms with Crippen molar-refractivity contribution in [1.29, 1.82) is 0 Å². The topological polar surface area (TPSA) is 29.1 Å². The second-order valence-electron chi connectivity index (χ2n) is 4.98. The third kappa shape index (κ3) is 6.10. The number of unbranched alkanes of at least 4 members (excludes halogenated alkanes) is 1. The van der Waals surface area contributed by atoms with Crippen LogP contribution in [-0.4, -0.2) is 12.5 Å². The van der Waals surface area contributed by atoms with Crippen LogP contribution in [-0.2, 0) is 11.2 Å². The van der Waals surface area contributed by atoms with Crippen molar-refractivity contribution in [2.45, 2.75) is 40.0 Å². The number of aryl methyl sites for hydroxylation is 1. The predicted octanol–water partition coefficient (Wildman–Crippen LogP) is 3.15. The number of rotatable bonds is 5. The van der Waals surface area contributed by atoms with Crippen LogP contribution < -0.4 is 5.32 Å². The number of benzene rings is 1. The van der Waals surface area contributed by atoms with Crippen molar-refractivity contribution >= 4 is 5.91 Å². The van der Waals surface area contributed by atoms with Crippen LogP contribution in [0.25, 0.3) is 0 Å². The number of amides is 1. The van der Waals surface area contributed by atoms with Crippen LogP contribution in [0.1, 0.15) is 44.7 Å². The molecule has 0 saturated carbocycles. The van der Waals surface area contributed by atoms with Crippen molar-refractivity contribution in [3.8, 4) is 11.8 Å². The molecule has 0 unspecified atom stereocenters. The summed E-state index contributed by atoms with van der Waals surface area (Å²) < 4.78 is 0. The lowest BCUT2D eigenvalue weighted by Crippen LogP contribution is -2.27. The van der Waals surface area contributed by atoms with E-state index >= 15 is 0 Å². The van der Waals surface area contributed by atoms with Gasteiger partial charge in [0.1, 0.15) is 0 Å². The Kier molecular flexibility index (Phi) is 6.74. The first-order valence-electron chi connectivity index (χ1n) is 6.99. The summed E-state index contributed by atoms with van der Waals surface area (Å²) in [6.07, 6.45) is 3.52. The van der Waals surface area contributed by atoms with Gasteiger partial charge in [0.25, 0.3) is 0 Å². The van der Waals surface area contributed by atoms with Gasteiger partial charge < -0.3 is 5.32 Å². The lowest BCUT2D eigenvalue weighted by atomic mass is 10.1. The van der Waals surface area contributed by atoms with Crippen LogP contribution >= 0.6 is 0 Å². The highest BCUT2D eigenvalue weighted by Crippen LogP contribution is 2.07. The van der Waals surface area contributed by atoms with E-state index in [-0.39, 0.29) is 11.8 Å². The average molecular weight is 257 g/mol. The summed E-state index contributed by atoms with van der Waals surface area (Å²) in [5, 5.41) is 2.79. The van der Waals surface area contributed by atoms with E-state index in [0.717, 1.165) is 12.0 Å². The van der Waals surface area contributed by atoms with Crippen molar-refractivity contribution in [3.63, 3.8) is 0 Å². The van der Waals surface area contributed by atoms with E-state index in [1.165, 1.54) is 18.4 Å². The lowest BCUT2D eigenvalue weighted by molar-refractivity contribution is -0.123. The Morgan fingerprint density at radius 1 is 1.37 bits per heavy atom. The standard InChI is InChI=1S/C17H23NO/c1-4-5-8-15-9-6-10-16(13-15)11-7-12-18-17(19)14(2)3/h6,9-10,13-14H,4-5,8,12H2,1-3H3,(H,18,19). The lowest BCUT2D eigenvalue weighted by Gasteiger charge is -2.03. The Hall–Kier alpha value is -1.75. The number of hydrogen-bond acceptors (Lipinski definition) is 1. The van der Waals surface area contributed by atoms with Crippen molar-refractivity contribution in [2.75, 3.05) is 6.54 Å². The van der Waals surface area contributed by atoms with Crippen molar-refractivity contribution in [2.24, 2.45) is 5.92 Å². The van der Waals surface area contributed by atoms with Crippen LogP contribution in [0.2, 0.25) is 0 Å². The van der Waals surface area contributed by atoms with Gasteiger partial charge in [-0.1, -0.05) is 51.2 Å². The Labute approximate surface area is 116 Å². The summed E-state index contributed by atoms with van der Waals surface area (Å²) in [4.78, 5) is 11.3. The summed E-state index contributed by atoms with van der Waals surface area (Å²) in [5.41, 5.74) is 2.35. The maximum absolute atomic E-state index is 11.3. The minimum Gasteiger partial charge on any atom is -0.345 e. The smallest absolute Gasteiger partial charge is 0.223 e. The summed E-state index contributed by atoms with van der Waals surface area (Å²) in [5.74, 6) is 6.14. The van der Waals surface area contributed by atoms with Crippen LogP contribution in [0.3, 0.4) is 0 Å². The zero-order valence-electron chi connectivity index (χ0n) is 12.1. The van der Waals surface area contributed by atoms with Crippen LogP contribution in [0, 0.1) is 17.8 Å². The summed E-state index contributed by atoms with van der Waals surface area (Å²) in [6.45, 7) is 6.36. The van der Waals surface area contributed by atoms with E-state index in [1.54, 1.807) is 0 Å². The number of hydrogen-bond donors (Lipinski definition) is 1. The maximum atomic E-state index is 11.3. The molecule has 0 fully saturated rings. The fourth-order valence-electron chi connectivity index (χ4n) is 1.67. The Bertz CT molecular complexity index is 466. The molecule has 0 aliphatic heterocycles. The zero-order valence-corrected chi connectivity index (χ0v) is 12.1. The van der Waals surface area contributed by atoms with Crippen LogP contribution in [0.4, 0.5) is 0 Å². The summed E-state index contributed by atoms with van der Waals surface area (Å²) in [7, 11) is 0. The molecule has 0 heterocycles. The molecule has 0 saturated heterocycles. The van der Waals surface area contributed by atoms with Gasteiger partial charge in [-0.05, 0) is 30.5 Å². The molecule has 2 nitrogen and oxygen atoms in total. The SMILES string of the molecule is CCCCc1cccc(C#CCNC(=O)C(C)C)c1. The molecule has 1 N–H and O–H groups in total. The molecule has 1 aromatic carbocycles. The van der Waals surface area contributed by atoms with Gasteiger partial charge in [0.15, 0.2) is 0 Å². The van der Waals surface area contributed by atoms with Gasteiger partial charge in [-0.3, -0.25) is 4.79 Å². The van der Waals surface area contributed by atoms with Gasteiger partial charge in [0.05, 0.1) is 6.54 Å². The van der Waals surface area contributed by atoms with Gasteiger partial charge in [-0.25, -0.2) is 0 Å². The normalized spacial score (nSPS) is 9.89. The second kappa shape index (κ2) is 8.37. The van der Waals surface area contributed by atoms with E-state index in [2.05, 4.69) is 36.2 Å². The summed E-state index contributed by atoms with van der Waals surface area (Å²) >= 11 is 0. The number of carbonyl (C=O) groups excluding carboxylic acids is 1. The van der Waals surface area contributed by atoms with E-state index in [4.69, 9.17) is 0 Å². The highest BCUT2D eigenvalue weighted by Gasteiger charge is 2.03. The molecule has 0 bridgehead atoms. The molecule has 1 rings (SSSR count). The molecule has 102 valence electrons. The first-order chi connectivity index (χ1) is 9.13. The minimum absolute atomic E-state index is 0.0131. The molecular weight excluding hydrogens is 234 g/mol. The van der Waals surface area contributed by atoms with Crippen molar-refractivity contribution in [3.05, 3.63) is 35.4 Å². The molecule has 0 radical (unpaired) electrons. The number of nitrogens with one attached hydrogen (secondary N) is 1. The zero-order chi connectivity index (χ0) is 14.1. The van der Waals surface area contributed by atoms with Gasteiger partial charge >= 0.3 is 0 Å². The largest absolute Gasteiger partial charge is 0.345 e. The van der Waals surface area contributed by atoms with Crippen LogP contribution in [0.5, 0.6) is 0 Å². The van der Waals surface area contributed by atoms with Gasteiger partial charge in [-0.15, -0.1) is 0 Å². The first kappa shape index (κ1) is 15.3. The predicted molar refractivity (Wildman–Crippen MR) is 79.8 cm³/mol. The quantitative estimate of drug-likeness (QED) is 0.807. The second-order valence-corrected chi connectivity index (χ2v) is 4.98. The van der Waals surface area contributed by atoms with E-state index in [1.807, 2.05) is 26.0 Å². The average Bonchev–Trinajstić information content (AvgIpc) is 2.41. The molecule has 1 amide bonds. The van der Waals surface area contributed by atoms with E-state index in [0.29, 0.717) is 6.54 Å². The Morgan fingerprint density at radius 3 is 2.84 bits per heavy atom. The molecule has 19 heavy (non-hydrogen) atoms. The van der Waals surface area contributed by atoms with Gasteiger partial charge in [0.2, 0.25) is 5.91 Å². The van der Waals surface area contributed by atoms with E-state index in [9.17, 15) is 4.79 Å². The first-order valence-corrected chi connectivity index (χ1v) is 6.99. The molecule has 0 aliphatic rings. The Morgan fingerprint density at radius 2 is 2.16 bits per heavy atom. The van der Waals surface area contributed by atoms with E-state index < -0.39 is 0 Å². The third-order valence-electron chi connectivity index (χ3n) is 2.85. The fourth-order valence-corrected chi connectivity index (χ4v) is 1.67. The highest BCUT2D eigenvalue weighted by molar-refractivity contribution is 5.78. The third-order valence-corrected chi connectivity index (χ3v) is 2.85. The molecular formula is C17H23NO. The molecule has 0 aliphatic carbocycles. The van der Waals surface area contributed by atoms with Gasteiger partial charge in [0, 0.05) is 11.5 Å². The van der Waals surface area contributed by atoms with Crippen molar-refractivity contribution < 1.29 is 4.79 Å². The molecule has 0 aromatic heterocycles. The Balaban J connectivity index is 2.51. The van der Waals surface area contributed by atoms with Gasteiger partial charge in [-0.2, -0.15) is 0 Å². The maximum Gasteiger partial charge on any atom is 0.223 e. The number of carbonyl (C=O) groups is 1. The molecule has 1 aromatic rings. The molecule has 0 atom stereocenters. The minimum atomic E-state index is 0.0131. The molecule has 2 heteroatoms. The molecule has 0 spiro atoms. The van der Waals surface area contributed by atoms with Crippen LogP contribution in [0.15, 0.2) is 24.3 Å². The summed E-state index contributed by atoms with van der Waals surface area (Å²) in [6, 6.07) is 8.32. The highest BCUT2D eigenvalue weighted by atomic mass is 16.1. The fraction of sp³-hybridized carbons (Fsp3) is 0.471.